The molecule has 0 radical (unpaired) electrons. The fourth-order valence-electron chi connectivity index (χ4n) is 3.94. The van der Waals surface area contributed by atoms with Gasteiger partial charge in [-0.3, -0.25) is 4.79 Å². The molecule has 1 fully saturated rings. The van der Waals surface area contributed by atoms with Gasteiger partial charge in [0.2, 0.25) is 15.9 Å². The molecule has 0 aromatic heterocycles. The molecule has 0 bridgehead atoms. The highest BCUT2D eigenvalue weighted by molar-refractivity contribution is 7.88. The first kappa shape index (κ1) is 20.6. The molecule has 1 heterocycles. The van der Waals surface area contributed by atoms with Gasteiger partial charge >= 0.3 is 0 Å². The van der Waals surface area contributed by atoms with E-state index >= 15 is 0 Å². The highest BCUT2D eigenvalue weighted by Crippen LogP contribution is 2.26. The molecule has 1 aliphatic rings. The summed E-state index contributed by atoms with van der Waals surface area (Å²) in [5, 5.41) is 0. The van der Waals surface area contributed by atoms with E-state index in [1.54, 1.807) is 0 Å². The van der Waals surface area contributed by atoms with Gasteiger partial charge in [-0.2, -0.15) is 0 Å². The number of rotatable bonds is 7. The Bertz CT molecular complexity index is 912. The minimum atomic E-state index is -3.33. The van der Waals surface area contributed by atoms with Gasteiger partial charge in [0, 0.05) is 19.0 Å². The van der Waals surface area contributed by atoms with Crippen molar-refractivity contribution >= 4 is 15.9 Å². The fourth-order valence-corrected chi connectivity index (χ4v) is 4.76. The van der Waals surface area contributed by atoms with Crippen LogP contribution in [0.5, 0.6) is 0 Å². The second-order valence-corrected chi connectivity index (χ2v) is 9.24. The number of benzene rings is 2. The van der Waals surface area contributed by atoms with Crippen molar-refractivity contribution in [1.29, 1.82) is 0 Å². The number of nitrogens with zero attached hydrogens (tertiary/aromatic N) is 1. The number of carbonyl (C=O) groups is 1. The maximum Gasteiger partial charge on any atom is 0.222 e. The van der Waals surface area contributed by atoms with Crippen molar-refractivity contribution in [3.63, 3.8) is 0 Å². The van der Waals surface area contributed by atoms with Gasteiger partial charge in [-0.1, -0.05) is 61.5 Å². The van der Waals surface area contributed by atoms with E-state index in [-0.39, 0.29) is 18.0 Å². The summed E-state index contributed by atoms with van der Waals surface area (Å²) in [4.78, 5) is 14.5. The van der Waals surface area contributed by atoms with Gasteiger partial charge in [0.1, 0.15) is 0 Å². The van der Waals surface area contributed by atoms with E-state index in [2.05, 4.69) is 29.0 Å². The molecule has 150 valence electrons. The van der Waals surface area contributed by atoms with Crippen LogP contribution in [0.3, 0.4) is 0 Å². The summed E-state index contributed by atoms with van der Waals surface area (Å²) in [6, 6.07) is 18.0. The molecule has 0 saturated carbocycles. The first-order chi connectivity index (χ1) is 13.4. The predicted molar refractivity (Wildman–Crippen MR) is 112 cm³/mol. The van der Waals surface area contributed by atoms with Gasteiger partial charge in [0.15, 0.2) is 0 Å². The van der Waals surface area contributed by atoms with E-state index in [0.717, 1.165) is 23.1 Å². The van der Waals surface area contributed by atoms with Crippen molar-refractivity contribution in [2.24, 2.45) is 0 Å². The van der Waals surface area contributed by atoms with Gasteiger partial charge in [-0.05, 0) is 36.0 Å². The van der Waals surface area contributed by atoms with Gasteiger partial charge in [-0.15, -0.1) is 0 Å². The first-order valence-electron chi connectivity index (χ1n) is 9.78. The minimum absolute atomic E-state index is 0.101. The lowest BCUT2D eigenvalue weighted by Gasteiger charge is -2.29. The zero-order valence-electron chi connectivity index (χ0n) is 16.5. The van der Waals surface area contributed by atoms with Gasteiger partial charge in [0.05, 0.1) is 12.3 Å². The molecule has 3 rings (SSSR count). The zero-order chi connectivity index (χ0) is 20.1. The van der Waals surface area contributed by atoms with Crippen molar-refractivity contribution in [3.05, 3.63) is 60.2 Å². The molecular formula is C22H28N2O3S. The van der Waals surface area contributed by atoms with E-state index in [4.69, 9.17) is 0 Å². The number of likely N-dealkylation sites (tertiary alicyclic amines) is 1. The van der Waals surface area contributed by atoms with Crippen LogP contribution in [0.1, 0.15) is 31.7 Å². The predicted octanol–water partition coefficient (Wildman–Crippen LogP) is 3.21. The van der Waals surface area contributed by atoms with Crippen molar-refractivity contribution in [3.8, 4) is 11.1 Å². The summed E-state index contributed by atoms with van der Waals surface area (Å²) >= 11 is 0. The third-order valence-electron chi connectivity index (χ3n) is 5.17. The molecule has 2 aromatic carbocycles. The Hall–Kier alpha value is -2.18. The summed E-state index contributed by atoms with van der Waals surface area (Å²) in [7, 11) is -3.33. The van der Waals surface area contributed by atoms with Gasteiger partial charge in [-0.25, -0.2) is 13.1 Å². The highest BCUT2D eigenvalue weighted by atomic mass is 32.2. The molecule has 28 heavy (non-hydrogen) atoms. The van der Waals surface area contributed by atoms with E-state index < -0.39 is 10.0 Å². The Balaban J connectivity index is 1.85. The van der Waals surface area contributed by atoms with Crippen LogP contribution in [0.25, 0.3) is 11.1 Å². The van der Waals surface area contributed by atoms with Crippen LogP contribution >= 0.6 is 0 Å². The lowest BCUT2D eigenvalue weighted by molar-refractivity contribution is -0.132. The summed E-state index contributed by atoms with van der Waals surface area (Å²) in [6.45, 7) is 2.58. The van der Waals surface area contributed by atoms with Crippen LogP contribution < -0.4 is 4.72 Å². The van der Waals surface area contributed by atoms with Gasteiger partial charge in [0.25, 0.3) is 0 Å². The monoisotopic (exact) mass is 400 g/mol. The topological polar surface area (TPSA) is 66.5 Å². The number of carbonyl (C=O) groups excluding carboxylic acids is 1. The van der Waals surface area contributed by atoms with Crippen LogP contribution in [0.15, 0.2) is 54.6 Å². The van der Waals surface area contributed by atoms with Crippen LogP contribution in [-0.4, -0.2) is 44.1 Å². The molecular weight excluding hydrogens is 372 g/mol. The molecule has 1 saturated heterocycles. The number of hydrogen-bond acceptors (Lipinski definition) is 3. The molecule has 6 heteroatoms. The molecule has 0 unspecified atom stereocenters. The Morgan fingerprint density at radius 2 is 1.82 bits per heavy atom. The van der Waals surface area contributed by atoms with Gasteiger partial charge < -0.3 is 4.90 Å². The quantitative estimate of drug-likeness (QED) is 0.776. The maximum atomic E-state index is 12.6. The van der Waals surface area contributed by atoms with Crippen LogP contribution in [0.4, 0.5) is 0 Å². The summed E-state index contributed by atoms with van der Waals surface area (Å²) in [5.74, 6) is 0.101. The number of sulfonamides is 1. The Morgan fingerprint density at radius 1 is 1.11 bits per heavy atom. The molecule has 2 atom stereocenters. The van der Waals surface area contributed by atoms with Crippen LogP contribution in [0, 0.1) is 0 Å². The second-order valence-electron chi connectivity index (χ2n) is 7.46. The number of nitrogens with one attached hydrogen (secondary N) is 1. The first-order valence-corrected chi connectivity index (χ1v) is 11.7. The standard InChI is InChI=1S/C22H28N2O3S/c1-3-8-22(25)24-14-13-20(23-28(2,26)27)21(24)16-17-9-7-12-19(15-17)18-10-5-4-6-11-18/h4-7,9-12,15,20-21,23H,3,8,13-14,16H2,1-2H3/t20-,21-/m1/s1. The zero-order valence-corrected chi connectivity index (χ0v) is 17.3. The molecule has 0 spiro atoms. The molecule has 1 N–H and O–H groups in total. The van der Waals surface area contributed by atoms with E-state index in [0.29, 0.717) is 25.8 Å². The largest absolute Gasteiger partial charge is 0.338 e. The SMILES string of the molecule is CCCC(=O)N1CC[C@@H](NS(C)(=O)=O)[C@H]1Cc1cccc(-c2ccccc2)c1. The van der Waals surface area contributed by atoms with E-state index in [9.17, 15) is 13.2 Å². The Morgan fingerprint density at radius 3 is 2.50 bits per heavy atom. The lowest BCUT2D eigenvalue weighted by atomic mass is 9.97. The van der Waals surface area contributed by atoms with Crippen LogP contribution in [0.2, 0.25) is 0 Å². The average Bonchev–Trinajstić information content (AvgIpc) is 3.03. The molecule has 2 aromatic rings. The fraction of sp³-hybridized carbons (Fsp3) is 0.409. The summed E-state index contributed by atoms with van der Waals surface area (Å²) in [6.07, 6.45) is 3.73. The van der Waals surface area contributed by atoms with Crippen molar-refractivity contribution in [1.82, 2.24) is 9.62 Å². The van der Waals surface area contributed by atoms with E-state index in [1.807, 2.05) is 42.2 Å². The maximum absolute atomic E-state index is 12.6. The smallest absolute Gasteiger partial charge is 0.222 e. The minimum Gasteiger partial charge on any atom is -0.338 e. The summed E-state index contributed by atoms with van der Waals surface area (Å²) < 4.78 is 26.4. The second kappa shape index (κ2) is 8.88. The highest BCUT2D eigenvalue weighted by Gasteiger charge is 2.37. The van der Waals surface area contributed by atoms with Crippen molar-refractivity contribution in [2.45, 2.75) is 44.7 Å². The Labute approximate surface area is 167 Å². The van der Waals surface area contributed by atoms with Crippen LogP contribution in [-0.2, 0) is 21.2 Å². The van der Waals surface area contributed by atoms with E-state index in [1.165, 1.54) is 6.26 Å². The normalized spacial score (nSPS) is 19.7. The van der Waals surface area contributed by atoms with Crippen molar-refractivity contribution in [2.75, 3.05) is 12.8 Å². The van der Waals surface area contributed by atoms with Crippen molar-refractivity contribution < 1.29 is 13.2 Å². The molecule has 1 aliphatic heterocycles. The molecule has 5 nitrogen and oxygen atoms in total. The Kier molecular flexibility index (Phi) is 6.52. The third-order valence-corrected chi connectivity index (χ3v) is 5.91. The number of hydrogen-bond donors (Lipinski definition) is 1. The molecule has 1 amide bonds. The average molecular weight is 401 g/mol. The molecule has 0 aliphatic carbocycles. The lowest BCUT2D eigenvalue weighted by Crippen LogP contribution is -2.47. The number of amides is 1. The summed E-state index contributed by atoms with van der Waals surface area (Å²) in [5.41, 5.74) is 3.36. The third kappa shape index (κ3) is 5.20.